The van der Waals surface area contributed by atoms with E-state index in [0.29, 0.717) is 12.5 Å². The number of benzene rings is 1. The van der Waals surface area contributed by atoms with Crippen LogP contribution in [0.5, 0.6) is 0 Å². The van der Waals surface area contributed by atoms with Crippen molar-refractivity contribution in [3.8, 4) is 0 Å². The van der Waals surface area contributed by atoms with Crippen LogP contribution in [-0.4, -0.2) is 35.3 Å². The van der Waals surface area contributed by atoms with Crippen molar-refractivity contribution >= 4 is 11.8 Å². The van der Waals surface area contributed by atoms with Crippen molar-refractivity contribution in [3.63, 3.8) is 0 Å². The molecule has 1 atom stereocenters. The van der Waals surface area contributed by atoms with Crippen LogP contribution in [0.25, 0.3) is 0 Å². The summed E-state index contributed by atoms with van der Waals surface area (Å²) >= 11 is 0. The number of nitrogens with one attached hydrogen (secondary N) is 1. The molecule has 0 radical (unpaired) electrons. The summed E-state index contributed by atoms with van der Waals surface area (Å²) in [5, 5.41) is 2.72. The van der Waals surface area contributed by atoms with Crippen LogP contribution in [-0.2, 0) is 9.59 Å². The highest BCUT2D eigenvalue weighted by Crippen LogP contribution is 2.20. The molecule has 1 aliphatic rings. The molecule has 1 unspecified atom stereocenters. The summed E-state index contributed by atoms with van der Waals surface area (Å²) in [5.74, 6) is 0.288. The van der Waals surface area contributed by atoms with Gasteiger partial charge in [0.2, 0.25) is 11.8 Å². The molecule has 1 heterocycles. The SMILES string of the molecule is CC(CCN1CC(=O)NC(C)(C)C1=O)c1ccccc1. The predicted octanol–water partition coefficient (Wildman–Crippen LogP) is 1.92. The first kappa shape index (κ1) is 14.6. The molecule has 1 aliphatic heterocycles. The molecule has 1 N–H and O–H groups in total. The van der Waals surface area contributed by atoms with Gasteiger partial charge in [-0.3, -0.25) is 9.59 Å². The van der Waals surface area contributed by atoms with E-state index in [9.17, 15) is 9.59 Å². The van der Waals surface area contributed by atoms with Gasteiger partial charge in [-0.1, -0.05) is 37.3 Å². The fourth-order valence-electron chi connectivity index (χ4n) is 2.56. The number of carbonyl (C=O) groups excluding carboxylic acids is 2. The van der Waals surface area contributed by atoms with Crippen molar-refractivity contribution < 1.29 is 9.59 Å². The zero-order valence-corrected chi connectivity index (χ0v) is 12.3. The molecule has 2 amide bonds. The molecule has 1 fully saturated rings. The number of carbonyl (C=O) groups is 2. The predicted molar refractivity (Wildman–Crippen MR) is 78.3 cm³/mol. The zero-order chi connectivity index (χ0) is 14.8. The summed E-state index contributed by atoms with van der Waals surface area (Å²) in [6.07, 6.45) is 0.860. The topological polar surface area (TPSA) is 49.4 Å². The van der Waals surface area contributed by atoms with Crippen molar-refractivity contribution in [1.29, 1.82) is 0 Å². The minimum atomic E-state index is -0.786. The molecule has 1 aromatic rings. The highest BCUT2D eigenvalue weighted by molar-refractivity contribution is 5.97. The molecule has 4 nitrogen and oxygen atoms in total. The van der Waals surface area contributed by atoms with Crippen molar-refractivity contribution in [2.75, 3.05) is 13.1 Å². The molecule has 0 bridgehead atoms. The average molecular weight is 274 g/mol. The second-order valence-electron chi connectivity index (χ2n) is 6.00. The van der Waals surface area contributed by atoms with Gasteiger partial charge in [0, 0.05) is 6.54 Å². The quantitative estimate of drug-likeness (QED) is 0.912. The summed E-state index contributed by atoms with van der Waals surface area (Å²) in [4.78, 5) is 25.6. The zero-order valence-electron chi connectivity index (χ0n) is 12.3. The average Bonchev–Trinajstić information content (AvgIpc) is 2.41. The van der Waals surface area contributed by atoms with Gasteiger partial charge in [0.15, 0.2) is 0 Å². The number of nitrogens with zero attached hydrogens (tertiary/aromatic N) is 1. The van der Waals surface area contributed by atoms with Crippen molar-refractivity contribution in [2.24, 2.45) is 0 Å². The van der Waals surface area contributed by atoms with Crippen LogP contribution in [0.2, 0.25) is 0 Å². The first-order valence-corrected chi connectivity index (χ1v) is 7.05. The van der Waals surface area contributed by atoms with Gasteiger partial charge in [-0.05, 0) is 31.7 Å². The third kappa shape index (κ3) is 3.18. The van der Waals surface area contributed by atoms with Crippen LogP contribution in [0, 0.1) is 0 Å². The summed E-state index contributed by atoms with van der Waals surface area (Å²) in [6, 6.07) is 10.2. The monoisotopic (exact) mass is 274 g/mol. The number of rotatable bonds is 4. The maximum absolute atomic E-state index is 12.3. The van der Waals surface area contributed by atoms with Crippen LogP contribution in [0.4, 0.5) is 0 Å². The Kier molecular flexibility index (Phi) is 4.12. The smallest absolute Gasteiger partial charge is 0.248 e. The van der Waals surface area contributed by atoms with Gasteiger partial charge in [0.25, 0.3) is 0 Å². The Morgan fingerprint density at radius 1 is 1.25 bits per heavy atom. The normalized spacial score (nSPS) is 19.6. The summed E-state index contributed by atoms with van der Waals surface area (Å²) in [6.45, 7) is 6.44. The lowest BCUT2D eigenvalue weighted by Gasteiger charge is -2.37. The van der Waals surface area contributed by atoms with E-state index in [1.807, 2.05) is 18.2 Å². The molecular formula is C16H22N2O2. The summed E-state index contributed by atoms with van der Waals surface area (Å²) in [7, 11) is 0. The van der Waals surface area contributed by atoms with Crippen molar-refractivity contribution in [2.45, 2.75) is 38.6 Å². The molecule has 108 valence electrons. The van der Waals surface area contributed by atoms with E-state index in [1.54, 1.807) is 18.7 Å². The highest BCUT2D eigenvalue weighted by atomic mass is 16.2. The van der Waals surface area contributed by atoms with E-state index in [0.717, 1.165) is 6.42 Å². The van der Waals surface area contributed by atoms with Gasteiger partial charge < -0.3 is 10.2 Å². The minimum absolute atomic E-state index is 0.00244. The van der Waals surface area contributed by atoms with E-state index >= 15 is 0 Å². The molecule has 0 aliphatic carbocycles. The second-order valence-corrected chi connectivity index (χ2v) is 6.00. The van der Waals surface area contributed by atoms with Crippen LogP contribution >= 0.6 is 0 Å². The Labute approximate surface area is 120 Å². The fourth-order valence-corrected chi connectivity index (χ4v) is 2.56. The van der Waals surface area contributed by atoms with Crippen LogP contribution in [0.3, 0.4) is 0 Å². The Morgan fingerprint density at radius 2 is 1.90 bits per heavy atom. The lowest BCUT2D eigenvalue weighted by molar-refractivity contribution is -0.148. The highest BCUT2D eigenvalue weighted by Gasteiger charge is 2.38. The van der Waals surface area contributed by atoms with E-state index < -0.39 is 5.54 Å². The maximum Gasteiger partial charge on any atom is 0.248 e. The van der Waals surface area contributed by atoms with E-state index in [4.69, 9.17) is 0 Å². The lowest BCUT2D eigenvalue weighted by Crippen LogP contribution is -2.63. The van der Waals surface area contributed by atoms with Gasteiger partial charge in [-0.15, -0.1) is 0 Å². The summed E-state index contributed by atoms with van der Waals surface area (Å²) < 4.78 is 0. The van der Waals surface area contributed by atoms with Gasteiger partial charge >= 0.3 is 0 Å². The number of amides is 2. The molecule has 0 spiro atoms. The molecule has 0 saturated carbocycles. The minimum Gasteiger partial charge on any atom is -0.341 e. The van der Waals surface area contributed by atoms with Crippen LogP contribution < -0.4 is 5.32 Å². The largest absolute Gasteiger partial charge is 0.341 e. The molecule has 4 heteroatoms. The number of hydrogen-bond donors (Lipinski definition) is 1. The Bertz CT molecular complexity index is 496. The third-order valence-corrected chi connectivity index (χ3v) is 3.81. The van der Waals surface area contributed by atoms with Crippen molar-refractivity contribution in [1.82, 2.24) is 10.2 Å². The van der Waals surface area contributed by atoms with E-state index in [-0.39, 0.29) is 18.4 Å². The number of hydrogen-bond acceptors (Lipinski definition) is 2. The van der Waals surface area contributed by atoms with Gasteiger partial charge in [0.05, 0.1) is 6.54 Å². The first-order chi connectivity index (χ1) is 9.40. The van der Waals surface area contributed by atoms with Gasteiger partial charge in [-0.2, -0.15) is 0 Å². The van der Waals surface area contributed by atoms with Gasteiger partial charge in [-0.25, -0.2) is 0 Å². The maximum atomic E-state index is 12.3. The second kappa shape index (κ2) is 5.65. The number of piperazine rings is 1. The third-order valence-electron chi connectivity index (χ3n) is 3.81. The van der Waals surface area contributed by atoms with Crippen LogP contribution in [0.1, 0.15) is 38.7 Å². The lowest BCUT2D eigenvalue weighted by atomic mass is 9.96. The fraction of sp³-hybridized carbons (Fsp3) is 0.500. The van der Waals surface area contributed by atoms with E-state index in [2.05, 4.69) is 24.4 Å². The van der Waals surface area contributed by atoms with Crippen LogP contribution in [0.15, 0.2) is 30.3 Å². The Morgan fingerprint density at radius 3 is 2.55 bits per heavy atom. The molecule has 20 heavy (non-hydrogen) atoms. The molecular weight excluding hydrogens is 252 g/mol. The van der Waals surface area contributed by atoms with E-state index in [1.165, 1.54) is 5.56 Å². The Balaban J connectivity index is 1.96. The van der Waals surface area contributed by atoms with Gasteiger partial charge in [0.1, 0.15) is 5.54 Å². The molecule has 1 saturated heterocycles. The molecule has 2 rings (SSSR count). The molecule has 0 aromatic heterocycles. The summed E-state index contributed by atoms with van der Waals surface area (Å²) in [5.41, 5.74) is 0.478. The standard InChI is InChI=1S/C16H22N2O2/c1-12(13-7-5-4-6-8-13)9-10-18-11-14(19)17-16(2,3)15(18)20/h4-8,12H,9-11H2,1-3H3,(H,17,19). The Hall–Kier alpha value is -1.84. The van der Waals surface area contributed by atoms with Crippen molar-refractivity contribution in [3.05, 3.63) is 35.9 Å². The molecule has 1 aromatic carbocycles. The first-order valence-electron chi connectivity index (χ1n) is 7.05.